The van der Waals surface area contributed by atoms with Crippen LogP contribution < -0.4 is 0 Å². The lowest BCUT2D eigenvalue weighted by Crippen LogP contribution is -1.90. The summed E-state index contributed by atoms with van der Waals surface area (Å²) in [5.41, 5.74) is 1.02. The van der Waals surface area contributed by atoms with E-state index in [9.17, 15) is 0 Å². The van der Waals surface area contributed by atoms with E-state index in [1.54, 1.807) is 12.4 Å². The molecule has 1 rings (SSSR count). The lowest BCUT2D eigenvalue weighted by Gasteiger charge is -1.99. The molecular formula is C9H10N2. The largest absolute Gasteiger partial charge is 0.308 e. The molecule has 0 amide bonds. The Balaban J connectivity index is 2.85. The number of hydrogen-bond acceptors (Lipinski definition) is 1. The van der Waals surface area contributed by atoms with Gasteiger partial charge in [0.1, 0.15) is 0 Å². The summed E-state index contributed by atoms with van der Waals surface area (Å²) in [7, 11) is 0. The van der Waals surface area contributed by atoms with Crippen molar-refractivity contribution in [1.29, 1.82) is 0 Å². The fourth-order valence-corrected chi connectivity index (χ4v) is 0.975. The van der Waals surface area contributed by atoms with Crippen LogP contribution in [-0.2, 0) is 0 Å². The van der Waals surface area contributed by atoms with Gasteiger partial charge < -0.3 is 4.85 Å². The summed E-state index contributed by atoms with van der Waals surface area (Å²) in [4.78, 5) is 7.44. The van der Waals surface area contributed by atoms with Crippen LogP contribution in [0.25, 0.3) is 4.85 Å². The van der Waals surface area contributed by atoms with E-state index in [4.69, 9.17) is 6.57 Å². The van der Waals surface area contributed by atoms with Crippen molar-refractivity contribution in [2.45, 2.75) is 19.4 Å². The Bertz CT molecular complexity index is 248. The van der Waals surface area contributed by atoms with E-state index in [0.29, 0.717) is 0 Å². The Labute approximate surface area is 66.7 Å². The normalized spacial score (nSPS) is 12.0. The van der Waals surface area contributed by atoms with Crippen LogP contribution in [-0.4, -0.2) is 4.98 Å². The number of aromatic nitrogens is 1. The molecule has 1 aromatic rings. The summed E-state index contributed by atoms with van der Waals surface area (Å²) >= 11 is 0. The standard InChI is InChI=1S/C9H10N2/c1-3-9(10-2)8-5-4-6-11-7-8/h4-7,9H,3H2,1H3. The minimum Gasteiger partial charge on any atom is -0.308 e. The minimum atomic E-state index is -0.0105. The van der Waals surface area contributed by atoms with Gasteiger partial charge in [0.15, 0.2) is 0 Å². The Hall–Kier alpha value is -1.36. The van der Waals surface area contributed by atoms with E-state index in [0.717, 1.165) is 12.0 Å². The molecule has 0 bridgehead atoms. The van der Waals surface area contributed by atoms with Crippen molar-refractivity contribution in [3.63, 3.8) is 0 Å². The van der Waals surface area contributed by atoms with Crippen molar-refractivity contribution >= 4 is 0 Å². The van der Waals surface area contributed by atoms with E-state index >= 15 is 0 Å². The highest BCUT2D eigenvalue weighted by Crippen LogP contribution is 2.18. The topological polar surface area (TPSA) is 17.2 Å². The molecule has 0 saturated carbocycles. The third-order valence-electron chi connectivity index (χ3n) is 1.61. The molecule has 2 heteroatoms. The molecule has 0 aliphatic carbocycles. The molecule has 0 radical (unpaired) electrons. The van der Waals surface area contributed by atoms with Crippen molar-refractivity contribution in [1.82, 2.24) is 4.98 Å². The molecule has 0 aliphatic heterocycles. The molecule has 0 aromatic carbocycles. The zero-order valence-corrected chi connectivity index (χ0v) is 6.49. The predicted molar refractivity (Wildman–Crippen MR) is 43.9 cm³/mol. The minimum absolute atomic E-state index is 0.0105. The maximum absolute atomic E-state index is 6.89. The summed E-state index contributed by atoms with van der Waals surface area (Å²) in [6.07, 6.45) is 4.33. The highest BCUT2D eigenvalue weighted by molar-refractivity contribution is 5.16. The van der Waals surface area contributed by atoms with Crippen LogP contribution in [0.1, 0.15) is 24.9 Å². The van der Waals surface area contributed by atoms with Gasteiger partial charge in [-0.15, -0.1) is 0 Å². The highest BCUT2D eigenvalue weighted by Gasteiger charge is 2.11. The third kappa shape index (κ3) is 1.78. The first-order chi connectivity index (χ1) is 5.38. The first-order valence-corrected chi connectivity index (χ1v) is 3.65. The maximum atomic E-state index is 6.89. The van der Waals surface area contributed by atoms with Crippen LogP contribution in [0, 0.1) is 6.57 Å². The van der Waals surface area contributed by atoms with Crippen molar-refractivity contribution < 1.29 is 0 Å². The molecule has 1 aromatic heterocycles. The van der Waals surface area contributed by atoms with E-state index in [2.05, 4.69) is 9.83 Å². The molecule has 0 N–H and O–H groups in total. The van der Waals surface area contributed by atoms with E-state index in [1.807, 2.05) is 19.1 Å². The molecule has 1 atom stereocenters. The lowest BCUT2D eigenvalue weighted by molar-refractivity contribution is 0.795. The number of pyridine rings is 1. The van der Waals surface area contributed by atoms with Gasteiger partial charge >= 0.3 is 0 Å². The lowest BCUT2D eigenvalue weighted by atomic mass is 10.1. The average Bonchev–Trinajstić information content (AvgIpc) is 2.09. The number of nitrogens with zero attached hydrogens (tertiary/aromatic N) is 2. The van der Waals surface area contributed by atoms with Crippen molar-refractivity contribution in [3.05, 3.63) is 41.5 Å². The van der Waals surface area contributed by atoms with Gasteiger partial charge in [0, 0.05) is 18.8 Å². The zero-order chi connectivity index (χ0) is 8.10. The average molecular weight is 146 g/mol. The maximum Gasteiger partial charge on any atom is 0.249 e. The summed E-state index contributed by atoms with van der Waals surface area (Å²) in [5.74, 6) is 0. The smallest absolute Gasteiger partial charge is 0.249 e. The predicted octanol–water partition coefficient (Wildman–Crippen LogP) is 2.45. The van der Waals surface area contributed by atoms with Gasteiger partial charge in [0.2, 0.25) is 6.04 Å². The van der Waals surface area contributed by atoms with Crippen LogP contribution in [0.15, 0.2) is 24.5 Å². The molecule has 0 spiro atoms. The van der Waals surface area contributed by atoms with E-state index in [-0.39, 0.29) is 6.04 Å². The van der Waals surface area contributed by atoms with E-state index in [1.165, 1.54) is 0 Å². The molecule has 56 valence electrons. The summed E-state index contributed by atoms with van der Waals surface area (Å²) in [6.45, 7) is 8.90. The van der Waals surface area contributed by atoms with Crippen LogP contribution in [0.3, 0.4) is 0 Å². The number of hydrogen-bond donors (Lipinski definition) is 0. The Kier molecular flexibility index (Phi) is 2.62. The summed E-state index contributed by atoms with van der Waals surface area (Å²) in [6, 6.07) is 3.80. The second-order valence-electron chi connectivity index (χ2n) is 2.34. The number of rotatable bonds is 2. The molecule has 0 fully saturated rings. The van der Waals surface area contributed by atoms with Gasteiger partial charge in [-0.05, 0) is 12.1 Å². The molecule has 0 aliphatic rings. The second-order valence-corrected chi connectivity index (χ2v) is 2.34. The molecular weight excluding hydrogens is 136 g/mol. The van der Waals surface area contributed by atoms with Gasteiger partial charge in [-0.25, -0.2) is 6.57 Å². The summed E-state index contributed by atoms with van der Waals surface area (Å²) < 4.78 is 0. The fourth-order valence-electron chi connectivity index (χ4n) is 0.975. The van der Waals surface area contributed by atoms with Crippen LogP contribution in [0.5, 0.6) is 0 Å². The van der Waals surface area contributed by atoms with Crippen LogP contribution >= 0.6 is 0 Å². The third-order valence-corrected chi connectivity index (χ3v) is 1.61. The summed E-state index contributed by atoms with van der Waals surface area (Å²) in [5, 5.41) is 0. The Morgan fingerprint density at radius 2 is 2.55 bits per heavy atom. The van der Waals surface area contributed by atoms with Gasteiger partial charge in [0.25, 0.3) is 0 Å². The molecule has 11 heavy (non-hydrogen) atoms. The van der Waals surface area contributed by atoms with E-state index < -0.39 is 0 Å². The quantitative estimate of drug-likeness (QED) is 0.586. The monoisotopic (exact) mass is 146 g/mol. The van der Waals surface area contributed by atoms with Crippen molar-refractivity contribution in [2.24, 2.45) is 0 Å². The fraction of sp³-hybridized carbons (Fsp3) is 0.333. The molecule has 0 saturated heterocycles. The van der Waals surface area contributed by atoms with Gasteiger partial charge in [-0.1, -0.05) is 6.92 Å². The van der Waals surface area contributed by atoms with Gasteiger partial charge in [0.05, 0.1) is 5.56 Å². The Morgan fingerprint density at radius 1 is 1.73 bits per heavy atom. The van der Waals surface area contributed by atoms with Crippen molar-refractivity contribution in [3.8, 4) is 0 Å². The van der Waals surface area contributed by atoms with Crippen LogP contribution in [0.4, 0.5) is 0 Å². The SMILES string of the molecule is [C-]#[N+]C(CC)c1cccnc1. The first kappa shape index (κ1) is 7.74. The first-order valence-electron chi connectivity index (χ1n) is 3.65. The molecule has 1 unspecified atom stereocenters. The molecule has 1 heterocycles. The zero-order valence-electron chi connectivity index (χ0n) is 6.49. The Morgan fingerprint density at radius 3 is 3.00 bits per heavy atom. The highest BCUT2D eigenvalue weighted by atomic mass is 14.7. The molecule has 2 nitrogen and oxygen atoms in total. The van der Waals surface area contributed by atoms with Gasteiger partial charge in [-0.3, -0.25) is 4.98 Å². The van der Waals surface area contributed by atoms with Crippen LogP contribution in [0.2, 0.25) is 0 Å². The van der Waals surface area contributed by atoms with Gasteiger partial charge in [-0.2, -0.15) is 0 Å². The second kappa shape index (κ2) is 3.72. The van der Waals surface area contributed by atoms with Crippen molar-refractivity contribution in [2.75, 3.05) is 0 Å².